The predicted molar refractivity (Wildman–Crippen MR) is 41.5 cm³/mol. The Kier molecular flexibility index (Phi) is 2.72. The van der Waals surface area contributed by atoms with Gasteiger partial charge in [-0.2, -0.15) is 0 Å². The van der Waals surface area contributed by atoms with Gasteiger partial charge < -0.3 is 5.11 Å². The highest BCUT2D eigenvalue weighted by molar-refractivity contribution is 5.24. The standard InChI is InChI=1S/C9H7F3O/c1-2-8(13)6-3-5(10)4-7(11)9(6)12/h2-4,8,13H,1H2. The molecule has 1 atom stereocenters. The predicted octanol–water partition coefficient (Wildman–Crippen LogP) is 2.32. The van der Waals surface area contributed by atoms with Crippen molar-refractivity contribution < 1.29 is 18.3 Å². The molecular formula is C9H7F3O. The van der Waals surface area contributed by atoms with Crippen LogP contribution in [0.1, 0.15) is 11.7 Å². The maximum atomic E-state index is 12.9. The number of aliphatic hydroxyl groups excluding tert-OH is 1. The van der Waals surface area contributed by atoms with Crippen LogP contribution in [0.3, 0.4) is 0 Å². The van der Waals surface area contributed by atoms with Crippen LogP contribution in [-0.4, -0.2) is 5.11 Å². The SMILES string of the molecule is C=CC(O)c1cc(F)cc(F)c1F. The summed E-state index contributed by atoms with van der Waals surface area (Å²) in [6.07, 6.45) is -0.415. The summed E-state index contributed by atoms with van der Waals surface area (Å²) in [7, 11) is 0. The molecule has 0 aromatic heterocycles. The fraction of sp³-hybridized carbons (Fsp3) is 0.111. The highest BCUT2D eigenvalue weighted by Gasteiger charge is 2.15. The molecule has 0 saturated carbocycles. The molecule has 4 heteroatoms. The first-order valence-electron chi connectivity index (χ1n) is 3.51. The lowest BCUT2D eigenvalue weighted by Gasteiger charge is -2.07. The van der Waals surface area contributed by atoms with Crippen LogP contribution in [0.5, 0.6) is 0 Å². The summed E-state index contributed by atoms with van der Waals surface area (Å²) in [4.78, 5) is 0. The summed E-state index contributed by atoms with van der Waals surface area (Å²) >= 11 is 0. The molecule has 13 heavy (non-hydrogen) atoms. The zero-order chi connectivity index (χ0) is 10.0. The van der Waals surface area contributed by atoms with Gasteiger partial charge in [-0.1, -0.05) is 6.08 Å². The first-order valence-corrected chi connectivity index (χ1v) is 3.51. The minimum absolute atomic E-state index is 0.411. The Morgan fingerprint density at radius 3 is 2.46 bits per heavy atom. The molecule has 0 heterocycles. The van der Waals surface area contributed by atoms with Crippen molar-refractivity contribution in [3.8, 4) is 0 Å². The van der Waals surface area contributed by atoms with Crippen LogP contribution in [0.25, 0.3) is 0 Å². The number of benzene rings is 1. The topological polar surface area (TPSA) is 20.2 Å². The second kappa shape index (κ2) is 3.62. The molecule has 1 nitrogen and oxygen atoms in total. The molecule has 1 aromatic rings. The van der Waals surface area contributed by atoms with E-state index in [1.54, 1.807) is 0 Å². The van der Waals surface area contributed by atoms with Crippen molar-refractivity contribution in [3.05, 3.63) is 47.8 Å². The average Bonchev–Trinajstić information content (AvgIpc) is 2.10. The first-order chi connectivity index (χ1) is 6.06. The average molecular weight is 188 g/mol. The van der Waals surface area contributed by atoms with Crippen LogP contribution in [0.4, 0.5) is 13.2 Å². The molecule has 0 radical (unpaired) electrons. The Labute approximate surface area is 73.1 Å². The summed E-state index contributed by atoms with van der Waals surface area (Å²) in [6, 6.07) is 1.14. The largest absolute Gasteiger partial charge is 0.384 e. The normalized spacial score (nSPS) is 12.6. The number of rotatable bonds is 2. The van der Waals surface area contributed by atoms with Gasteiger partial charge in [-0.05, 0) is 6.07 Å². The van der Waals surface area contributed by atoms with Crippen molar-refractivity contribution in [1.29, 1.82) is 0 Å². The van der Waals surface area contributed by atoms with Crippen LogP contribution in [-0.2, 0) is 0 Å². The molecule has 1 rings (SSSR count). The zero-order valence-electron chi connectivity index (χ0n) is 6.60. The van der Waals surface area contributed by atoms with Crippen molar-refractivity contribution >= 4 is 0 Å². The van der Waals surface area contributed by atoms with Gasteiger partial charge in [0, 0.05) is 11.6 Å². The molecule has 0 aliphatic rings. The van der Waals surface area contributed by atoms with E-state index in [9.17, 15) is 13.2 Å². The summed E-state index contributed by atoms with van der Waals surface area (Å²) in [5.74, 6) is -3.51. The van der Waals surface area contributed by atoms with Crippen LogP contribution in [0, 0.1) is 17.5 Å². The summed E-state index contributed by atoms with van der Waals surface area (Å²) < 4.78 is 38.0. The maximum absolute atomic E-state index is 12.9. The van der Waals surface area contributed by atoms with E-state index in [4.69, 9.17) is 5.11 Å². The van der Waals surface area contributed by atoms with Gasteiger partial charge in [-0.3, -0.25) is 0 Å². The lowest BCUT2D eigenvalue weighted by molar-refractivity contribution is 0.221. The molecular weight excluding hydrogens is 181 g/mol. The Bertz CT molecular complexity index is 336. The molecule has 0 saturated heterocycles. The molecule has 0 aliphatic carbocycles. The molecule has 1 N–H and O–H groups in total. The van der Waals surface area contributed by atoms with Crippen molar-refractivity contribution in [3.63, 3.8) is 0 Å². The second-order valence-corrected chi connectivity index (χ2v) is 2.47. The fourth-order valence-corrected chi connectivity index (χ4v) is 0.918. The molecule has 0 aliphatic heterocycles. The van der Waals surface area contributed by atoms with Crippen molar-refractivity contribution in [2.24, 2.45) is 0 Å². The zero-order valence-corrected chi connectivity index (χ0v) is 6.60. The van der Waals surface area contributed by atoms with Gasteiger partial charge in [-0.15, -0.1) is 6.58 Å². The number of hydrogen-bond donors (Lipinski definition) is 1. The minimum atomic E-state index is -1.40. The van der Waals surface area contributed by atoms with Gasteiger partial charge in [0.1, 0.15) is 5.82 Å². The van der Waals surface area contributed by atoms with Gasteiger partial charge in [0.25, 0.3) is 0 Å². The molecule has 1 aromatic carbocycles. The molecule has 70 valence electrons. The van der Waals surface area contributed by atoms with E-state index in [1.807, 2.05) is 0 Å². The van der Waals surface area contributed by atoms with Gasteiger partial charge in [0.15, 0.2) is 11.6 Å². The molecule has 0 amide bonds. The monoisotopic (exact) mass is 188 g/mol. The molecule has 0 fully saturated rings. The van der Waals surface area contributed by atoms with Crippen LogP contribution in [0.2, 0.25) is 0 Å². The highest BCUT2D eigenvalue weighted by atomic mass is 19.2. The third-order valence-corrected chi connectivity index (χ3v) is 1.56. The fourth-order valence-electron chi connectivity index (χ4n) is 0.918. The van der Waals surface area contributed by atoms with Crippen molar-refractivity contribution in [2.75, 3.05) is 0 Å². The van der Waals surface area contributed by atoms with Crippen LogP contribution < -0.4 is 0 Å². The summed E-state index contributed by atoms with van der Waals surface area (Å²) in [5.41, 5.74) is -0.451. The Balaban J connectivity index is 3.27. The first kappa shape index (κ1) is 9.80. The van der Waals surface area contributed by atoms with E-state index in [2.05, 4.69) is 6.58 Å². The Morgan fingerprint density at radius 2 is 1.92 bits per heavy atom. The highest BCUT2D eigenvalue weighted by Crippen LogP contribution is 2.21. The van der Waals surface area contributed by atoms with E-state index in [-0.39, 0.29) is 0 Å². The number of aliphatic hydroxyl groups is 1. The lowest BCUT2D eigenvalue weighted by Crippen LogP contribution is -2.01. The number of hydrogen-bond acceptors (Lipinski definition) is 1. The van der Waals surface area contributed by atoms with Gasteiger partial charge in [0.05, 0.1) is 6.10 Å². The smallest absolute Gasteiger partial charge is 0.165 e. The maximum Gasteiger partial charge on any atom is 0.165 e. The van der Waals surface area contributed by atoms with E-state index >= 15 is 0 Å². The van der Waals surface area contributed by atoms with E-state index < -0.39 is 29.1 Å². The van der Waals surface area contributed by atoms with Crippen LogP contribution in [0.15, 0.2) is 24.8 Å². The van der Waals surface area contributed by atoms with Crippen LogP contribution >= 0.6 is 0 Å². The number of halogens is 3. The third-order valence-electron chi connectivity index (χ3n) is 1.56. The third kappa shape index (κ3) is 1.89. The Hall–Kier alpha value is -1.29. The molecule has 0 spiro atoms. The lowest BCUT2D eigenvalue weighted by atomic mass is 10.1. The van der Waals surface area contributed by atoms with E-state index in [0.717, 1.165) is 12.1 Å². The summed E-state index contributed by atoms with van der Waals surface area (Å²) in [5, 5.41) is 9.07. The quantitative estimate of drug-likeness (QED) is 0.557. The summed E-state index contributed by atoms with van der Waals surface area (Å²) in [6.45, 7) is 3.18. The van der Waals surface area contributed by atoms with Gasteiger partial charge in [-0.25, -0.2) is 13.2 Å². The molecule has 1 unspecified atom stereocenters. The van der Waals surface area contributed by atoms with E-state index in [0.29, 0.717) is 6.07 Å². The minimum Gasteiger partial charge on any atom is -0.384 e. The van der Waals surface area contributed by atoms with Gasteiger partial charge in [0.2, 0.25) is 0 Å². The Morgan fingerprint density at radius 1 is 1.31 bits per heavy atom. The molecule has 0 bridgehead atoms. The second-order valence-electron chi connectivity index (χ2n) is 2.47. The van der Waals surface area contributed by atoms with E-state index in [1.165, 1.54) is 0 Å². The van der Waals surface area contributed by atoms with Gasteiger partial charge >= 0.3 is 0 Å². The van der Waals surface area contributed by atoms with Crippen molar-refractivity contribution in [2.45, 2.75) is 6.10 Å². The van der Waals surface area contributed by atoms with Crippen molar-refractivity contribution in [1.82, 2.24) is 0 Å².